The van der Waals surface area contributed by atoms with Crippen molar-refractivity contribution in [1.29, 1.82) is 5.26 Å². The maximum atomic E-state index is 13.3. The number of piperidine rings is 1. The van der Waals surface area contributed by atoms with Crippen LogP contribution in [-0.4, -0.2) is 41.2 Å². The van der Waals surface area contributed by atoms with E-state index in [1.807, 2.05) is 6.07 Å². The lowest BCUT2D eigenvalue weighted by atomic mass is 9.48. The van der Waals surface area contributed by atoms with Gasteiger partial charge in [-0.1, -0.05) is 0 Å². The normalized spacial score (nSPS) is 38.9. The highest BCUT2D eigenvalue weighted by Gasteiger charge is 2.58. The van der Waals surface area contributed by atoms with Gasteiger partial charge in [-0.15, -0.1) is 0 Å². The minimum absolute atomic E-state index is 0.136. The molecule has 6 rings (SSSR count). The molecule has 0 radical (unpaired) electrons. The summed E-state index contributed by atoms with van der Waals surface area (Å²) in [5.41, 5.74) is 0.319. The Kier molecular flexibility index (Phi) is 4.31. The Balaban J connectivity index is 1.26. The second-order valence-electron chi connectivity index (χ2n) is 9.52. The van der Waals surface area contributed by atoms with Gasteiger partial charge in [0, 0.05) is 25.3 Å². The van der Waals surface area contributed by atoms with Crippen LogP contribution in [0.4, 0.5) is 5.82 Å². The molecule has 4 saturated carbocycles. The molecule has 5 fully saturated rings. The number of hydrogen-bond donors (Lipinski definition) is 2. The molecule has 2 N–H and O–H groups in total. The predicted octanol–water partition coefficient (Wildman–Crippen LogP) is 2.23. The van der Waals surface area contributed by atoms with Crippen LogP contribution < -0.4 is 10.2 Å². The van der Waals surface area contributed by atoms with Crippen LogP contribution in [0.3, 0.4) is 0 Å². The largest absolute Gasteiger partial charge is 0.393 e. The second-order valence-corrected chi connectivity index (χ2v) is 9.52. The minimum Gasteiger partial charge on any atom is -0.393 e. The van der Waals surface area contributed by atoms with Crippen molar-refractivity contribution < 1.29 is 9.90 Å². The fraction of sp³-hybridized carbons (Fsp3) is 0.682. The van der Waals surface area contributed by atoms with Crippen LogP contribution in [0.15, 0.2) is 18.3 Å². The zero-order chi connectivity index (χ0) is 19.3. The number of nitriles is 1. The Hall–Kier alpha value is -2.13. The fourth-order valence-electron chi connectivity index (χ4n) is 6.56. The number of amides is 1. The molecule has 2 unspecified atom stereocenters. The van der Waals surface area contributed by atoms with Gasteiger partial charge >= 0.3 is 0 Å². The molecule has 1 aromatic heterocycles. The number of aliphatic hydroxyl groups is 1. The van der Waals surface area contributed by atoms with Crippen molar-refractivity contribution in [2.45, 2.75) is 57.1 Å². The molecule has 5 aliphatic rings. The van der Waals surface area contributed by atoms with Crippen LogP contribution in [0.5, 0.6) is 0 Å². The van der Waals surface area contributed by atoms with Crippen LogP contribution in [0.2, 0.25) is 0 Å². The van der Waals surface area contributed by atoms with Gasteiger partial charge in [0.05, 0.1) is 17.1 Å². The summed E-state index contributed by atoms with van der Waals surface area (Å²) in [4.78, 5) is 20.0. The summed E-state index contributed by atoms with van der Waals surface area (Å²) in [6.45, 7) is 1.69. The summed E-state index contributed by atoms with van der Waals surface area (Å²) in [7, 11) is 0. The Labute approximate surface area is 165 Å². The molecule has 0 aromatic carbocycles. The fourth-order valence-corrected chi connectivity index (χ4v) is 6.56. The summed E-state index contributed by atoms with van der Waals surface area (Å²) >= 11 is 0. The Bertz CT molecular complexity index is 786. The molecule has 28 heavy (non-hydrogen) atoms. The Morgan fingerprint density at radius 2 is 2.07 bits per heavy atom. The molecule has 148 valence electrons. The zero-order valence-electron chi connectivity index (χ0n) is 16.2. The van der Waals surface area contributed by atoms with Crippen molar-refractivity contribution in [3.8, 4) is 6.07 Å². The van der Waals surface area contributed by atoms with E-state index in [-0.39, 0.29) is 23.5 Å². The zero-order valence-corrected chi connectivity index (χ0v) is 16.2. The molecule has 6 heteroatoms. The van der Waals surface area contributed by atoms with E-state index in [0.717, 1.165) is 63.9 Å². The number of carbonyl (C=O) groups excluding carboxylic acids is 1. The predicted molar refractivity (Wildman–Crippen MR) is 104 cm³/mol. The quantitative estimate of drug-likeness (QED) is 0.839. The maximum Gasteiger partial charge on any atom is 0.226 e. The third-order valence-corrected chi connectivity index (χ3v) is 7.66. The van der Waals surface area contributed by atoms with Crippen LogP contribution >= 0.6 is 0 Å². The van der Waals surface area contributed by atoms with Crippen molar-refractivity contribution >= 4 is 11.7 Å². The van der Waals surface area contributed by atoms with Crippen molar-refractivity contribution in [3.05, 3.63) is 23.9 Å². The maximum absolute atomic E-state index is 13.3. The van der Waals surface area contributed by atoms with Gasteiger partial charge in [-0.2, -0.15) is 5.26 Å². The van der Waals surface area contributed by atoms with E-state index in [0.29, 0.717) is 23.3 Å². The standard InChI is InChI=1S/C22H28N4O2/c23-11-14-3-4-19(24-12-14)26-5-1-2-18(13-26)25-21(28)22-8-15-6-16(9-22)20(27)17(7-15)10-22/h3-4,12,15-18,20,27H,1-2,5-10,13H2,(H,25,28)/t15?,16?,17?,18-,20?,22?/m0/s1. The number of pyridine rings is 1. The first-order valence-electron chi connectivity index (χ1n) is 10.7. The average Bonchev–Trinajstić information content (AvgIpc) is 2.71. The number of nitrogens with one attached hydrogen (secondary N) is 1. The second kappa shape index (κ2) is 6.73. The number of aliphatic hydroxyl groups excluding tert-OH is 1. The lowest BCUT2D eigenvalue weighted by Gasteiger charge is -2.58. The third kappa shape index (κ3) is 2.97. The molecule has 4 aliphatic carbocycles. The van der Waals surface area contributed by atoms with Crippen LogP contribution in [0.1, 0.15) is 50.5 Å². The highest BCUT2D eigenvalue weighted by atomic mass is 16.3. The van der Waals surface area contributed by atoms with Gasteiger partial charge in [0.15, 0.2) is 0 Å². The summed E-state index contributed by atoms with van der Waals surface area (Å²) in [6, 6.07) is 5.93. The van der Waals surface area contributed by atoms with E-state index in [4.69, 9.17) is 5.26 Å². The lowest BCUT2D eigenvalue weighted by Crippen LogP contribution is -2.60. The van der Waals surface area contributed by atoms with Gasteiger partial charge in [0.25, 0.3) is 0 Å². The van der Waals surface area contributed by atoms with Crippen LogP contribution in [0.25, 0.3) is 0 Å². The average molecular weight is 380 g/mol. The van der Waals surface area contributed by atoms with Gasteiger partial charge < -0.3 is 15.3 Å². The van der Waals surface area contributed by atoms with Crippen LogP contribution in [-0.2, 0) is 4.79 Å². The van der Waals surface area contributed by atoms with E-state index >= 15 is 0 Å². The Morgan fingerprint density at radius 3 is 2.75 bits per heavy atom. The van der Waals surface area contributed by atoms with Gasteiger partial charge in [-0.25, -0.2) is 4.98 Å². The van der Waals surface area contributed by atoms with Gasteiger partial charge in [-0.3, -0.25) is 4.79 Å². The van der Waals surface area contributed by atoms with Gasteiger partial charge in [0.1, 0.15) is 11.9 Å². The minimum atomic E-state index is -0.245. The summed E-state index contributed by atoms with van der Waals surface area (Å²) in [5.74, 6) is 2.36. The summed E-state index contributed by atoms with van der Waals surface area (Å²) in [6.07, 6.45) is 8.37. The molecule has 1 aromatic rings. The van der Waals surface area contributed by atoms with E-state index in [2.05, 4.69) is 21.3 Å². The highest BCUT2D eigenvalue weighted by Crippen LogP contribution is 2.60. The van der Waals surface area contributed by atoms with E-state index in [1.54, 1.807) is 12.3 Å². The van der Waals surface area contributed by atoms with E-state index < -0.39 is 0 Å². The molecule has 4 bridgehead atoms. The van der Waals surface area contributed by atoms with Crippen molar-refractivity contribution in [2.24, 2.45) is 23.2 Å². The lowest BCUT2D eigenvalue weighted by molar-refractivity contribution is -0.163. The first kappa shape index (κ1) is 17.9. The summed E-state index contributed by atoms with van der Waals surface area (Å²) < 4.78 is 0. The molecule has 1 saturated heterocycles. The van der Waals surface area contributed by atoms with Crippen molar-refractivity contribution in [1.82, 2.24) is 10.3 Å². The molecule has 6 nitrogen and oxygen atoms in total. The number of rotatable bonds is 3. The Morgan fingerprint density at radius 1 is 1.29 bits per heavy atom. The molecule has 1 aliphatic heterocycles. The van der Waals surface area contributed by atoms with Gasteiger partial charge in [-0.05, 0) is 74.8 Å². The third-order valence-electron chi connectivity index (χ3n) is 7.66. The highest BCUT2D eigenvalue weighted by molar-refractivity contribution is 5.83. The topological polar surface area (TPSA) is 89.2 Å². The molecule has 0 spiro atoms. The van der Waals surface area contributed by atoms with Gasteiger partial charge in [0.2, 0.25) is 5.91 Å². The van der Waals surface area contributed by atoms with Crippen molar-refractivity contribution in [2.75, 3.05) is 18.0 Å². The van der Waals surface area contributed by atoms with E-state index in [1.165, 1.54) is 0 Å². The molecular formula is C22H28N4O2. The number of carbonyl (C=O) groups is 1. The SMILES string of the molecule is N#Cc1ccc(N2CCC[C@H](NC(=O)C34CC5CC(C3)C(O)C(C5)C4)C2)nc1. The molecule has 1 amide bonds. The monoisotopic (exact) mass is 380 g/mol. The number of aromatic nitrogens is 1. The van der Waals surface area contributed by atoms with E-state index in [9.17, 15) is 9.90 Å². The number of hydrogen-bond acceptors (Lipinski definition) is 5. The first-order chi connectivity index (χ1) is 13.6. The number of anilines is 1. The van der Waals surface area contributed by atoms with Crippen molar-refractivity contribution in [3.63, 3.8) is 0 Å². The molecular weight excluding hydrogens is 352 g/mol. The smallest absolute Gasteiger partial charge is 0.226 e. The summed E-state index contributed by atoms with van der Waals surface area (Å²) in [5, 5.41) is 22.8. The molecule has 2 heterocycles. The number of nitrogens with zero attached hydrogens (tertiary/aromatic N) is 3. The molecule has 3 atom stereocenters. The van der Waals surface area contributed by atoms with Crippen LogP contribution in [0, 0.1) is 34.5 Å². The first-order valence-corrected chi connectivity index (χ1v) is 10.7.